The number of aromatic nitrogens is 2. The van der Waals surface area contributed by atoms with E-state index in [-0.39, 0.29) is 22.8 Å². The minimum absolute atomic E-state index is 0.0437. The highest BCUT2D eigenvalue weighted by atomic mass is 32.2. The van der Waals surface area contributed by atoms with Crippen LogP contribution in [0.5, 0.6) is 11.5 Å². The molecule has 4 rings (SSSR count). The Morgan fingerprint density at radius 2 is 1.74 bits per heavy atom. The number of nitrogens with one attached hydrogen (secondary N) is 1. The molecule has 0 spiro atoms. The van der Waals surface area contributed by atoms with Gasteiger partial charge in [-0.05, 0) is 25.3 Å². The van der Waals surface area contributed by atoms with Crippen LogP contribution < -0.4 is 19.7 Å². The maximum atomic E-state index is 13.7. The molecule has 0 radical (unpaired) electrons. The normalized spacial score (nSPS) is 17.7. The van der Waals surface area contributed by atoms with Gasteiger partial charge in [0.05, 0.1) is 19.7 Å². The molecule has 2 saturated heterocycles. The molecule has 228 valence electrons. The van der Waals surface area contributed by atoms with Crippen LogP contribution in [0.1, 0.15) is 46.5 Å². The smallest absolute Gasteiger partial charge is 0.248 e. The Balaban J connectivity index is 1.61. The molecule has 1 unspecified atom stereocenters. The summed E-state index contributed by atoms with van der Waals surface area (Å²) in [5, 5.41) is 3.51. The van der Waals surface area contributed by atoms with Gasteiger partial charge >= 0.3 is 0 Å². The number of rotatable bonds is 10. The fourth-order valence-corrected chi connectivity index (χ4v) is 5.94. The average molecular weight is 601 g/mol. The molecule has 2 aliphatic rings. The first-order valence-corrected chi connectivity index (χ1v) is 15.4. The highest BCUT2D eigenvalue weighted by Gasteiger charge is 2.36. The first-order chi connectivity index (χ1) is 20.2. The monoisotopic (exact) mass is 600 g/mol. The van der Waals surface area contributed by atoms with Gasteiger partial charge in [-0.25, -0.2) is 4.98 Å². The predicted octanol–water partition coefficient (Wildman–Crippen LogP) is 2.94. The second-order valence-corrected chi connectivity index (χ2v) is 11.8. The van der Waals surface area contributed by atoms with Gasteiger partial charge in [-0.1, -0.05) is 25.6 Å². The second-order valence-electron chi connectivity index (χ2n) is 10.6. The molecule has 12 nitrogen and oxygen atoms in total. The van der Waals surface area contributed by atoms with E-state index in [1.54, 1.807) is 31.1 Å². The molecule has 1 aromatic carbocycles. The Morgan fingerprint density at radius 1 is 1.05 bits per heavy atom. The summed E-state index contributed by atoms with van der Waals surface area (Å²) in [7, 11) is 3.08. The van der Waals surface area contributed by atoms with Gasteiger partial charge in [0.25, 0.3) is 0 Å². The third-order valence-electron chi connectivity index (χ3n) is 7.61. The summed E-state index contributed by atoms with van der Waals surface area (Å²) in [6, 6.07) is 2.83. The van der Waals surface area contributed by atoms with Crippen LogP contribution in [-0.4, -0.2) is 101 Å². The van der Waals surface area contributed by atoms with Crippen molar-refractivity contribution in [2.24, 2.45) is 5.92 Å². The number of fused-ring (bicyclic) bond motifs is 1. The summed E-state index contributed by atoms with van der Waals surface area (Å²) in [5.41, 5.74) is 0.562. The van der Waals surface area contributed by atoms with Gasteiger partial charge in [0.1, 0.15) is 11.9 Å². The number of ether oxygens (including phenoxy) is 2. The van der Waals surface area contributed by atoms with Gasteiger partial charge in [-0.3, -0.25) is 19.2 Å². The van der Waals surface area contributed by atoms with E-state index >= 15 is 0 Å². The van der Waals surface area contributed by atoms with Crippen LogP contribution in [0.2, 0.25) is 0 Å². The molecule has 0 bridgehead atoms. The molecule has 13 heteroatoms. The van der Waals surface area contributed by atoms with Gasteiger partial charge in [0.15, 0.2) is 16.6 Å². The molecule has 2 aliphatic heterocycles. The lowest BCUT2D eigenvalue weighted by atomic mass is 10.1. The first-order valence-electron chi connectivity index (χ1n) is 14.4. The zero-order chi connectivity index (χ0) is 30.4. The van der Waals surface area contributed by atoms with Crippen LogP contribution in [0.25, 0.3) is 10.9 Å². The summed E-state index contributed by atoms with van der Waals surface area (Å²) in [5.74, 6) is 1.36. The van der Waals surface area contributed by atoms with Gasteiger partial charge in [-0.15, -0.1) is 0 Å². The van der Waals surface area contributed by atoms with Crippen molar-refractivity contribution in [3.8, 4) is 11.5 Å². The molecule has 2 atom stereocenters. The summed E-state index contributed by atoms with van der Waals surface area (Å²) < 4.78 is 11.0. The van der Waals surface area contributed by atoms with Crippen LogP contribution in [-0.2, 0) is 19.2 Å². The molecule has 3 heterocycles. The molecular weight excluding hydrogens is 560 g/mol. The number of hydrogen-bond acceptors (Lipinski definition) is 10. The summed E-state index contributed by atoms with van der Waals surface area (Å²) in [4.78, 5) is 65.7. The van der Waals surface area contributed by atoms with E-state index in [9.17, 15) is 19.2 Å². The van der Waals surface area contributed by atoms with Crippen molar-refractivity contribution in [3.05, 3.63) is 12.1 Å². The zero-order valence-electron chi connectivity index (χ0n) is 25.0. The number of benzene rings is 1. The third-order valence-corrected chi connectivity index (χ3v) is 8.68. The van der Waals surface area contributed by atoms with E-state index in [1.807, 2.05) is 16.7 Å². The van der Waals surface area contributed by atoms with Crippen molar-refractivity contribution >= 4 is 57.3 Å². The minimum atomic E-state index is -0.649. The summed E-state index contributed by atoms with van der Waals surface area (Å²) >= 11 is 1.11. The first kappa shape index (κ1) is 31.3. The van der Waals surface area contributed by atoms with Crippen molar-refractivity contribution in [1.82, 2.24) is 19.8 Å². The predicted molar refractivity (Wildman–Crippen MR) is 162 cm³/mol. The van der Waals surface area contributed by atoms with Crippen LogP contribution in [0, 0.1) is 5.92 Å². The quantitative estimate of drug-likeness (QED) is 0.434. The molecule has 1 N–H and O–H groups in total. The largest absolute Gasteiger partial charge is 0.493 e. The molecule has 0 saturated carbocycles. The third kappa shape index (κ3) is 7.05. The molecule has 0 aliphatic carbocycles. The highest BCUT2D eigenvalue weighted by Crippen LogP contribution is 2.35. The van der Waals surface area contributed by atoms with Crippen LogP contribution in [0.15, 0.2) is 12.1 Å². The zero-order valence-corrected chi connectivity index (χ0v) is 25.8. The lowest BCUT2D eigenvalue weighted by molar-refractivity contribution is -0.139. The number of likely N-dealkylation sites (tertiary alicyclic amines) is 1. The average Bonchev–Trinajstić information content (AvgIpc) is 3.49. The van der Waals surface area contributed by atoms with Crippen molar-refractivity contribution in [2.45, 2.75) is 52.5 Å². The summed E-state index contributed by atoms with van der Waals surface area (Å²) in [6.45, 7) is 7.97. The molecule has 42 heavy (non-hydrogen) atoms. The SMILES string of the molecule is CCCC(=O)N1CCN(c2nc(NC(=O)[C@@H]3CCCN3C(=O)C(C)CSC(C)=O)c3cc(OC)c(OC)cc3n2)CC1. The van der Waals surface area contributed by atoms with Gasteiger partial charge in [-0.2, -0.15) is 4.98 Å². The van der Waals surface area contributed by atoms with E-state index in [2.05, 4.69) is 5.32 Å². The van der Waals surface area contributed by atoms with E-state index in [0.717, 1.165) is 18.2 Å². The number of carbonyl (C=O) groups is 4. The van der Waals surface area contributed by atoms with Crippen LogP contribution >= 0.6 is 11.8 Å². The maximum Gasteiger partial charge on any atom is 0.248 e. The number of anilines is 2. The lowest BCUT2D eigenvalue weighted by Crippen LogP contribution is -2.49. The number of methoxy groups -OCH3 is 2. The molecule has 2 fully saturated rings. The number of piperazine rings is 1. The molecular formula is C29H40N6O6S. The van der Waals surface area contributed by atoms with Crippen molar-refractivity contribution in [3.63, 3.8) is 0 Å². The molecule has 3 amide bonds. The van der Waals surface area contributed by atoms with E-state index in [0.29, 0.717) is 91.9 Å². The second kappa shape index (κ2) is 14.0. The topological polar surface area (TPSA) is 134 Å². The van der Waals surface area contributed by atoms with Gasteiger partial charge < -0.3 is 29.5 Å². The summed E-state index contributed by atoms with van der Waals surface area (Å²) in [6.07, 6.45) is 2.57. The van der Waals surface area contributed by atoms with E-state index in [1.165, 1.54) is 14.0 Å². The Morgan fingerprint density at radius 3 is 2.38 bits per heavy atom. The van der Waals surface area contributed by atoms with Crippen LogP contribution in [0.4, 0.5) is 11.8 Å². The van der Waals surface area contributed by atoms with Gasteiger partial charge in [0.2, 0.25) is 23.7 Å². The Hall–Kier alpha value is -3.61. The standard InChI is InChI=1S/C29H40N6O6S/c1-6-8-25(37)33-11-13-34(14-12-33)29-30-21-16-24(41-5)23(40-4)15-20(21)26(32-29)31-27(38)22-9-7-10-35(22)28(39)18(2)17-42-19(3)36/h15-16,18,22H,6-14,17H2,1-5H3,(H,30,31,32,38)/t18?,22-/m0/s1. The van der Waals surface area contributed by atoms with Crippen molar-refractivity contribution in [2.75, 3.05) is 62.9 Å². The number of carbonyl (C=O) groups excluding carboxylic acids is 4. The number of thioether (sulfide) groups is 1. The lowest BCUT2D eigenvalue weighted by Gasteiger charge is -2.35. The Labute approximate surface area is 250 Å². The Kier molecular flexibility index (Phi) is 10.5. The fraction of sp³-hybridized carbons (Fsp3) is 0.586. The number of hydrogen-bond donors (Lipinski definition) is 1. The minimum Gasteiger partial charge on any atom is -0.493 e. The van der Waals surface area contributed by atoms with Crippen molar-refractivity contribution < 1.29 is 28.7 Å². The number of amides is 3. The Bertz CT molecular complexity index is 1330. The van der Waals surface area contributed by atoms with Crippen molar-refractivity contribution in [1.29, 1.82) is 0 Å². The van der Waals surface area contributed by atoms with Gasteiger partial charge in [0, 0.05) is 69.2 Å². The van der Waals surface area contributed by atoms with Crippen LogP contribution in [0.3, 0.4) is 0 Å². The highest BCUT2D eigenvalue weighted by molar-refractivity contribution is 8.13. The molecule has 1 aromatic heterocycles. The maximum absolute atomic E-state index is 13.7. The number of nitrogens with zero attached hydrogens (tertiary/aromatic N) is 5. The fourth-order valence-electron chi connectivity index (χ4n) is 5.31. The van der Waals surface area contributed by atoms with E-state index in [4.69, 9.17) is 19.4 Å². The van der Waals surface area contributed by atoms with E-state index < -0.39 is 12.0 Å². The molecule has 2 aromatic rings.